The third-order valence-electron chi connectivity index (χ3n) is 9.24. The van der Waals surface area contributed by atoms with E-state index >= 15 is 0 Å². The van der Waals surface area contributed by atoms with Crippen LogP contribution in [0.25, 0.3) is 0 Å². The summed E-state index contributed by atoms with van der Waals surface area (Å²) >= 11 is 13.6. The Bertz CT molecular complexity index is 801. The molecule has 3 saturated carbocycles. The van der Waals surface area contributed by atoms with Gasteiger partial charge in [-0.25, -0.2) is 5.01 Å². The summed E-state index contributed by atoms with van der Waals surface area (Å²) in [4.78, 5) is 28.5. The minimum absolute atomic E-state index is 0.0188. The fourth-order valence-electron chi connectivity index (χ4n) is 7.64. The molecule has 5 rings (SSSR count). The Kier molecular flexibility index (Phi) is 6.65. The van der Waals surface area contributed by atoms with Gasteiger partial charge in [0.2, 0.25) is 0 Å². The molecule has 3 aliphatic carbocycles. The number of ether oxygens (including phenoxy) is 3. The smallest absolute Gasteiger partial charge is 0.188 e. The number of alkyl halides is 2. The molecule has 7 nitrogen and oxygen atoms in total. The molecule has 1 spiro atoms. The highest BCUT2D eigenvalue weighted by molar-refractivity contribution is 6.23. The number of nitrogens with zero attached hydrogens (tertiary/aromatic N) is 1. The van der Waals surface area contributed by atoms with Crippen LogP contribution in [0.2, 0.25) is 0 Å². The van der Waals surface area contributed by atoms with E-state index in [1.807, 2.05) is 14.0 Å². The molecule has 5 fully saturated rings. The van der Waals surface area contributed by atoms with Crippen LogP contribution < -0.4 is 5.43 Å². The number of Topliss-reactive ketones (excluding diaryl/α,β-unsaturated/α-hetero) is 2. The van der Waals surface area contributed by atoms with Gasteiger partial charge in [0.25, 0.3) is 0 Å². The van der Waals surface area contributed by atoms with E-state index in [0.29, 0.717) is 12.8 Å². The van der Waals surface area contributed by atoms with Crippen molar-refractivity contribution in [2.75, 3.05) is 21.3 Å². The highest BCUT2D eigenvalue weighted by atomic mass is 35.5. The molecular weight excluding hydrogens is 467 g/mol. The largest absolute Gasteiger partial charge is 0.380 e. The van der Waals surface area contributed by atoms with Crippen molar-refractivity contribution in [1.29, 1.82) is 0 Å². The number of hydrogen-bond donors (Lipinski definition) is 1. The van der Waals surface area contributed by atoms with Gasteiger partial charge in [-0.1, -0.05) is 19.8 Å². The number of carbonyl (C=O) groups excluding carboxylic acids is 2. The van der Waals surface area contributed by atoms with Crippen LogP contribution in [-0.4, -0.2) is 84.6 Å². The molecule has 9 heteroatoms. The van der Waals surface area contributed by atoms with Crippen molar-refractivity contribution in [3.63, 3.8) is 0 Å². The SMILES string of the molecule is COC1CC(OC)C2C(=O)[C@@]3(OC2C1Cl)C(=O)C1C(C[C@H]3C)NN(C)C1C1CCCCC1Cl. The number of methoxy groups -OCH3 is 2. The fourth-order valence-corrected chi connectivity index (χ4v) is 8.49. The number of hydrazine groups is 1. The summed E-state index contributed by atoms with van der Waals surface area (Å²) in [6.07, 6.45) is 4.10. The van der Waals surface area contributed by atoms with Gasteiger partial charge >= 0.3 is 0 Å². The minimum atomic E-state index is -1.48. The monoisotopic (exact) mass is 502 g/mol. The predicted octanol–water partition coefficient (Wildman–Crippen LogP) is 2.56. The maximum atomic E-state index is 14.4. The van der Waals surface area contributed by atoms with Gasteiger partial charge in [-0.15, -0.1) is 23.2 Å². The van der Waals surface area contributed by atoms with E-state index in [2.05, 4.69) is 10.4 Å². The van der Waals surface area contributed by atoms with Gasteiger partial charge in [0.1, 0.15) is 0 Å². The van der Waals surface area contributed by atoms with E-state index in [4.69, 9.17) is 37.4 Å². The van der Waals surface area contributed by atoms with E-state index in [-0.39, 0.29) is 59.0 Å². The van der Waals surface area contributed by atoms with Gasteiger partial charge in [0.05, 0.1) is 35.5 Å². The van der Waals surface area contributed by atoms with Crippen molar-refractivity contribution in [3.8, 4) is 0 Å². The first-order chi connectivity index (χ1) is 15.8. The third kappa shape index (κ3) is 3.48. The Morgan fingerprint density at radius 3 is 2.36 bits per heavy atom. The zero-order valence-electron chi connectivity index (χ0n) is 19.8. The lowest BCUT2D eigenvalue weighted by molar-refractivity contribution is -0.170. The lowest BCUT2D eigenvalue weighted by atomic mass is 9.61. The van der Waals surface area contributed by atoms with Crippen LogP contribution in [-0.2, 0) is 23.8 Å². The first-order valence-electron chi connectivity index (χ1n) is 12.3. The molecule has 5 aliphatic rings. The predicted molar refractivity (Wildman–Crippen MR) is 124 cm³/mol. The van der Waals surface area contributed by atoms with Crippen molar-refractivity contribution >= 4 is 34.8 Å². The Morgan fingerprint density at radius 2 is 1.70 bits per heavy atom. The Morgan fingerprint density at radius 1 is 1.03 bits per heavy atom. The Hall–Kier alpha value is -0.280. The van der Waals surface area contributed by atoms with Gasteiger partial charge < -0.3 is 14.2 Å². The molecule has 33 heavy (non-hydrogen) atoms. The molecule has 0 aromatic heterocycles. The summed E-state index contributed by atoms with van der Waals surface area (Å²) in [5.74, 6) is -1.22. The first kappa shape index (κ1) is 24.4. The first-order valence-corrected chi connectivity index (χ1v) is 13.2. The van der Waals surface area contributed by atoms with Crippen LogP contribution in [0.4, 0.5) is 0 Å². The van der Waals surface area contributed by atoms with Crippen molar-refractivity contribution in [3.05, 3.63) is 0 Å². The molecule has 0 amide bonds. The summed E-state index contributed by atoms with van der Waals surface area (Å²) in [7, 11) is 5.21. The highest BCUT2D eigenvalue weighted by Gasteiger charge is 2.71. The molecule has 2 saturated heterocycles. The quantitative estimate of drug-likeness (QED) is 0.469. The molecule has 12 atom stereocenters. The van der Waals surface area contributed by atoms with Gasteiger partial charge in [-0.3, -0.25) is 15.0 Å². The summed E-state index contributed by atoms with van der Waals surface area (Å²) in [6, 6.07) is -0.0693. The van der Waals surface area contributed by atoms with E-state index in [1.54, 1.807) is 14.2 Å². The van der Waals surface area contributed by atoms with Crippen LogP contribution in [0.15, 0.2) is 0 Å². The average Bonchev–Trinajstić information content (AvgIpc) is 3.29. The van der Waals surface area contributed by atoms with E-state index in [9.17, 15) is 9.59 Å². The second-order valence-corrected chi connectivity index (χ2v) is 11.8. The normalized spacial score (nSPS) is 52.8. The number of hydrogen-bond acceptors (Lipinski definition) is 7. The lowest BCUT2D eigenvalue weighted by Crippen LogP contribution is -2.62. The van der Waals surface area contributed by atoms with E-state index < -0.39 is 23.0 Å². The summed E-state index contributed by atoms with van der Waals surface area (Å²) in [5.41, 5.74) is 2.05. The third-order valence-corrected chi connectivity index (χ3v) is 10.3. The molecule has 10 unspecified atom stereocenters. The van der Waals surface area contributed by atoms with Crippen LogP contribution in [0.1, 0.15) is 45.4 Å². The van der Waals surface area contributed by atoms with Crippen molar-refractivity contribution in [2.45, 2.75) is 92.2 Å². The fraction of sp³-hybridized carbons (Fsp3) is 0.917. The summed E-state index contributed by atoms with van der Waals surface area (Å²) in [6.45, 7) is 1.96. The van der Waals surface area contributed by atoms with E-state index in [0.717, 1.165) is 25.7 Å². The van der Waals surface area contributed by atoms with Crippen LogP contribution >= 0.6 is 23.2 Å². The Balaban J connectivity index is 1.51. The number of rotatable bonds is 3. The molecular formula is C24H36Cl2N2O5. The second kappa shape index (κ2) is 8.99. The molecule has 186 valence electrons. The van der Waals surface area contributed by atoms with Crippen molar-refractivity contribution < 1.29 is 23.8 Å². The van der Waals surface area contributed by atoms with E-state index in [1.165, 1.54) is 0 Å². The van der Waals surface area contributed by atoms with Crippen molar-refractivity contribution in [2.24, 2.45) is 23.7 Å². The zero-order chi connectivity index (χ0) is 23.7. The second-order valence-electron chi connectivity index (χ2n) is 10.8. The number of fused-ring (bicyclic) bond motifs is 2. The summed E-state index contributed by atoms with van der Waals surface area (Å²) < 4.78 is 17.8. The average molecular weight is 503 g/mol. The molecule has 0 bridgehead atoms. The van der Waals surface area contributed by atoms with Crippen molar-refractivity contribution in [1.82, 2.24) is 10.4 Å². The highest BCUT2D eigenvalue weighted by Crippen LogP contribution is 2.53. The molecule has 0 aromatic carbocycles. The Labute approximate surface area is 206 Å². The number of nitrogens with one attached hydrogen (secondary N) is 1. The van der Waals surface area contributed by atoms with Gasteiger partial charge in [0, 0.05) is 51.1 Å². The number of carbonyl (C=O) groups is 2. The maximum absolute atomic E-state index is 14.4. The number of halogens is 2. The molecule has 1 N–H and O–H groups in total. The van der Waals surface area contributed by atoms with Gasteiger partial charge in [0.15, 0.2) is 17.2 Å². The van der Waals surface area contributed by atoms with Crippen LogP contribution in [0.5, 0.6) is 0 Å². The lowest BCUT2D eigenvalue weighted by Gasteiger charge is -2.44. The zero-order valence-corrected chi connectivity index (χ0v) is 21.3. The minimum Gasteiger partial charge on any atom is -0.380 e. The molecule has 0 aromatic rings. The van der Waals surface area contributed by atoms with Gasteiger partial charge in [-0.2, -0.15) is 0 Å². The number of ketones is 2. The summed E-state index contributed by atoms with van der Waals surface area (Å²) in [5, 5.41) is 1.60. The molecule has 2 aliphatic heterocycles. The maximum Gasteiger partial charge on any atom is 0.188 e. The van der Waals surface area contributed by atoms with Crippen LogP contribution in [0, 0.1) is 23.7 Å². The standard InChI is InChI=1S/C24H36Cl2N2O5/c1-11-9-14-17(20(28(2)27-14)12-7-5-6-8-13(12)25)22(29)24(11)23(30)18-15(31-3)10-16(32-4)19(26)21(18)33-24/h11-21,27H,5-10H2,1-4H3/t11-,12?,13?,14?,15?,16?,17?,18?,19?,20?,21?,24+/m1/s1. The molecule has 2 heterocycles. The topological polar surface area (TPSA) is 77.1 Å². The van der Waals surface area contributed by atoms with Gasteiger partial charge in [-0.05, 0) is 25.2 Å². The molecule has 0 radical (unpaired) electrons. The van der Waals surface area contributed by atoms with Crippen LogP contribution in [0.3, 0.4) is 0 Å².